The van der Waals surface area contributed by atoms with Gasteiger partial charge in [0, 0.05) is 0 Å². The van der Waals surface area contributed by atoms with Crippen LogP contribution in [0.5, 0.6) is 0 Å². The van der Waals surface area contributed by atoms with E-state index in [0.717, 1.165) is 0 Å². The van der Waals surface area contributed by atoms with E-state index in [0.29, 0.717) is 10.4 Å². The molecule has 0 saturated heterocycles. The lowest BCUT2D eigenvalue weighted by atomic mass is 10.3. The highest BCUT2D eigenvalue weighted by Crippen LogP contribution is 2.19. The molecule has 2 nitrogen and oxygen atoms in total. The summed E-state index contributed by atoms with van der Waals surface area (Å²) in [5, 5.41) is 8.92. The van der Waals surface area contributed by atoms with E-state index in [4.69, 9.17) is 9.52 Å². The third-order valence-corrected chi connectivity index (χ3v) is 1.43. The van der Waals surface area contributed by atoms with Crippen LogP contribution in [0.1, 0.15) is 18.8 Å². The molecule has 9 heavy (non-hydrogen) atoms. The highest BCUT2D eigenvalue weighted by Gasteiger charge is 2.03. The third-order valence-electron chi connectivity index (χ3n) is 1.01. The van der Waals surface area contributed by atoms with Crippen LogP contribution < -0.4 is 0 Å². The van der Waals surface area contributed by atoms with Gasteiger partial charge in [0.15, 0.2) is 4.67 Å². The van der Waals surface area contributed by atoms with E-state index < -0.39 is 6.10 Å². The SMILES string of the molecule is C[C@@H](O)c1ccc(Br)o1. The van der Waals surface area contributed by atoms with Crippen molar-refractivity contribution in [2.24, 2.45) is 0 Å². The van der Waals surface area contributed by atoms with Crippen molar-refractivity contribution in [2.75, 3.05) is 0 Å². The van der Waals surface area contributed by atoms with Crippen LogP contribution in [0.15, 0.2) is 21.2 Å². The summed E-state index contributed by atoms with van der Waals surface area (Å²) >= 11 is 3.12. The summed E-state index contributed by atoms with van der Waals surface area (Å²) < 4.78 is 5.66. The van der Waals surface area contributed by atoms with Gasteiger partial charge in [-0.15, -0.1) is 0 Å². The zero-order valence-electron chi connectivity index (χ0n) is 4.97. The lowest BCUT2D eigenvalue weighted by molar-refractivity contribution is 0.168. The summed E-state index contributed by atoms with van der Waals surface area (Å²) in [6.07, 6.45) is -0.517. The van der Waals surface area contributed by atoms with E-state index in [1.165, 1.54) is 0 Å². The highest BCUT2D eigenvalue weighted by molar-refractivity contribution is 9.10. The zero-order chi connectivity index (χ0) is 6.85. The van der Waals surface area contributed by atoms with Crippen LogP contribution in [0.25, 0.3) is 0 Å². The van der Waals surface area contributed by atoms with Gasteiger partial charge in [-0.05, 0) is 35.0 Å². The van der Waals surface area contributed by atoms with Crippen molar-refractivity contribution in [3.05, 3.63) is 22.6 Å². The van der Waals surface area contributed by atoms with E-state index in [2.05, 4.69) is 15.9 Å². The predicted molar refractivity (Wildman–Crippen MR) is 37.0 cm³/mol. The third kappa shape index (κ3) is 1.56. The Labute approximate surface area is 61.6 Å². The van der Waals surface area contributed by atoms with Crippen LogP contribution in [-0.2, 0) is 0 Å². The maximum Gasteiger partial charge on any atom is 0.169 e. The normalized spacial score (nSPS) is 13.7. The fourth-order valence-corrected chi connectivity index (χ4v) is 0.872. The van der Waals surface area contributed by atoms with Crippen LogP contribution in [-0.4, -0.2) is 5.11 Å². The summed E-state index contributed by atoms with van der Waals surface area (Å²) in [5.41, 5.74) is 0. The molecule has 1 rings (SSSR count). The van der Waals surface area contributed by atoms with Gasteiger partial charge in [-0.2, -0.15) is 0 Å². The van der Waals surface area contributed by atoms with Crippen molar-refractivity contribution >= 4 is 15.9 Å². The minimum Gasteiger partial charge on any atom is -0.452 e. The number of rotatable bonds is 1. The van der Waals surface area contributed by atoms with Crippen molar-refractivity contribution in [3.8, 4) is 0 Å². The van der Waals surface area contributed by atoms with Crippen molar-refractivity contribution in [1.29, 1.82) is 0 Å². The standard InChI is InChI=1S/C6H7BrO2/c1-4(8)5-2-3-6(7)9-5/h2-4,8H,1H3/t4-/m1/s1. The number of halogens is 1. The van der Waals surface area contributed by atoms with Gasteiger partial charge in [0.2, 0.25) is 0 Å². The Morgan fingerprint density at radius 2 is 2.33 bits per heavy atom. The fraction of sp³-hybridized carbons (Fsp3) is 0.333. The van der Waals surface area contributed by atoms with Crippen LogP contribution in [0.2, 0.25) is 0 Å². The molecule has 1 heterocycles. The molecular formula is C6H7BrO2. The van der Waals surface area contributed by atoms with Crippen LogP contribution in [0.4, 0.5) is 0 Å². The zero-order valence-corrected chi connectivity index (χ0v) is 6.55. The molecular weight excluding hydrogens is 184 g/mol. The van der Waals surface area contributed by atoms with Gasteiger partial charge in [0.25, 0.3) is 0 Å². The fourth-order valence-electron chi connectivity index (χ4n) is 0.553. The Morgan fingerprint density at radius 1 is 1.67 bits per heavy atom. The molecule has 0 spiro atoms. The van der Waals surface area contributed by atoms with Crippen LogP contribution in [0, 0.1) is 0 Å². The number of aliphatic hydroxyl groups excluding tert-OH is 1. The summed E-state index contributed by atoms with van der Waals surface area (Å²) in [6.45, 7) is 1.66. The monoisotopic (exact) mass is 190 g/mol. The Bertz CT molecular complexity index is 193. The van der Waals surface area contributed by atoms with Crippen LogP contribution >= 0.6 is 15.9 Å². The van der Waals surface area contributed by atoms with Crippen molar-refractivity contribution in [1.82, 2.24) is 0 Å². The summed E-state index contributed by atoms with van der Waals surface area (Å²) in [6, 6.07) is 3.48. The van der Waals surface area contributed by atoms with Crippen molar-refractivity contribution in [3.63, 3.8) is 0 Å². The first kappa shape index (κ1) is 6.83. The van der Waals surface area contributed by atoms with Crippen molar-refractivity contribution in [2.45, 2.75) is 13.0 Å². The molecule has 1 aromatic rings. The average molecular weight is 191 g/mol. The van der Waals surface area contributed by atoms with Crippen LogP contribution in [0.3, 0.4) is 0 Å². The number of hydrogen-bond donors (Lipinski definition) is 1. The van der Waals surface area contributed by atoms with Gasteiger partial charge < -0.3 is 9.52 Å². The quantitative estimate of drug-likeness (QED) is 0.737. The molecule has 1 N–H and O–H groups in total. The highest BCUT2D eigenvalue weighted by atomic mass is 79.9. The number of furan rings is 1. The van der Waals surface area contributed by atoms with E-state index in [1.807, 2.05) is 0 Å². The summed E-state index contributed by atoms with van der Waals surface area (Å²) in [4.78, 5) is 0. The Balaban J connectivity index is 2.85. The molecule has 0 aliphatic carbocycles. The molecule has 0 unspecified atom stereocenters. The maximum absolute atomic E-state index is 8.92. The first-order valence-corrected chi connectivity index (χ1v) is 3.43. The van der Waals surface area contributed by atoms with Gasteiger partial charge in [0.05, 0.1) is 0 Å². The second-order valence-corrected chi connectivity index (χ2v) is 2.60. The molecule has 0 aliphatic heterocycles. The van der Waals surface area contributed by atoms with Gasteiger partial charge in [-0.3, -0.25) is 0 Å². The first-order valence-electron chi connectivity index (χ1n) is 2.63. The minimum atomic E-state index is -0.517. The molecule has 0 radical (unpaired) electrons. The van der Waals surface area contributed by atoms with Gasteiger partial charge in [-0.25, -0.2) is 0 Å². The molecule has 1 atom stereocenters. The van der Waals surface area contributed by atoms with Crippen molar-refractivity contribution < 1.29 is 9.52 Å². The van der Waals surface area contributed by atoms with Gasteiger partial charge in [0.1, 0.15) is 11.9 Å². The molecule has 0 bridgehead atoms. The second-order valence-electron chi connectivity index (χ2n) is 1.82. The molecule has 3 heteroatoms. The summed E-state index contributed by atoms with van der Waals surface area (Å²) in [7, 11) is 0. The Hall–Kier alpha value is -0.280. The van der Waals surface area contributed by atoms with Gasteiger partial charge >= 0.3 is 0 Å². The van der Waals surface area contributed by atoms with Gasteiger partial charge in [-0.1, -0.05) is 0 Å². The molecule has 0 aliphatic rings. The number of aliphatic hydroxyl groups is 1. The molecule has 50 valence electrons. The Morgan fingerprint density at radius 3 is 2.56 bits per heavy atom. The molecule has 0 aromatic carbocycles. The maximum atomic E-state index is 8.92. The Kier molecular flexibility index (Phi) is 1.93. The topological polar surface area (TPSA) is 33.4 Å². The molecule has 0 amide bonds. The average Bonchev–Trinajstić information content (AvgIpc) is 2.14. The lowest BCUT2D eigenvalue weighted by Crippen LogP contribution is -1.84. The van der Waals surface area contributed by atoms with E-state index in [9.17, 15) is 0 Å². The number of hydrogen-bond acceptors (Lipinski definition) is 2. The molecule has 0 fully saturated rings. The minimum absolute atomic E-state index is 0.517. The van der Waals surface area contributed by atoms with E-state index in [1.54, 1.807) is 19.1 Å². The molecule has 1 aromatic heterocycles. The molecule has 0 saturated carbocycles. The second kappa shape index (κ2) is 2.54. The van der Waals surface area contributed by atoms with E-state index in [-0.39, 0.29) is 0 Å². The smallest absolute Gasteiger partial charge is 0.169 e. The first-order chi connectivity index (χ1) is 4.20. The summed E-state index contributed by atoms with van der Waals surface area (Å²) in [5.74, 6) is 0.585. The lowest BCUT2D eigenvalue weighted by Gasteiger charge is -1.95. The van der Waals surface area contributed by atoms with E-state index >= 15 is 0 Å². The largest absolute Gasteiger partial charge is 0.452 e. The predicted octanol–water partition coefficient (Wildman–Crippen LogP) is 2.10.